The third-order valence-electron chi connectivity index (χ3n) is 12.5. The molecule has 0 fully saturated rings. The second-order valence-corrected chi connectivity index (χ2v) is 19.8. The highest BCUT2D eigenvalue weighted by Crippen LogP contribution is 2.42. The molecule has 0 atom stereocenters. The summed E-state index contributed by atoms with van der Waals surface area (Å²) in [6, 6.07) is -47.8. The molecule has 0 spiro atoms. The van der Waals surface area contributed by atoms with Crippen molar-refractivity contribution in [2.45, 2.75) is 0 Å². The monoisotopic (exact) mass is 1030 g/mol. The molecule has 0 aliphatic rings. The Morgan fingerprint density at radius 2 is 0.632 bits per heavy atom. The molecule has 7 heteroatoms. The van der Waals surface area contributed by atoms with Gasteiger partial charge in [0.2, 0.25) is 5.95 Å². The van der Waals surface area contributed by atoms with Crippen LogP contribution in [0.1, 0.15) is 58.9 Å². The van der Waals surface area contributed by atoms with E-state index in [0.29, 0.717) is 4.57 Å². The van der Waals surface area contributed by atoms with Crippen molar-refractivity contribution in [3.63, 3.8) is 0 Å². The van der Waals surface area contributed by atoms with E-state index in [2.05, 4.69) is 0 Å². The first-order valence-corrected chi connectivity index (χ1v) is 24.3. The Morgan fingerprint density at radius 1 is 0.303 bits per heavy atom. The summed E-state index contributed by atoms with van der Waals surface area (Å²) in [5.74, 6) is -3.83. The van der Waals surface area contributed by atoms with Crippen LogP contribution in [0.5, 0.6) is 0 Å². The minimum atomic E-state index is -6.84. The van der Waals surface area contributed by atoms with Crippen molar-refractivity contribution in [3.8, 4) is 40.1 Å². The number of para-hydroxylation sites is 6. The minimum absolute atomic E-state index is 0.581. The Labute approximate surface area is 500 Å². The molecule has 0 amide bonds. The van der Waals surface area contributed by atoms with Crippen molar-refractivity contribution in [1.29, 1.82) is 0 Å². The number of hydrogen-bond donors (Lipinski definition) is 0. The quantitative estimate of drug-likeness (QED) is 0.107. The molecule has 11 aromatic carbocycles. The molecule has 0 unspecified atom stereocenters. The van der Waals surface area contributed by atoms with Crippen LogP contribution in [0.25, 0.3) is 106 Å². The SMILES string of the molecule is [2H]c1c([2H])c([2H])c([Si](c2c([2H])c([2H])c([2H])c([2H])c2[2H])(c2c([2H])c([2H])c([2H])c([2H])c2[2H])c2c([2H])c([2H])c([2H])c(-c3nc(-c4c(-n5c6c([2H])c([2H])c([2H])c([2H])c6c6c([2H])c([2H])c([2H])c([2H])c65)cccc4-n4c5c([2H])c([2H])c([2H])c([2H])c5c5c([2H])c([2H])c([2H])c([2H])c54)nc(-n4c5c([2H])c([2H])c([2H])c([2H])c5c5c([2H])c([2H])c([2H])c([2H])c54)n3)c2[2H])c([2H])c1[2H]. The predicted octanol–water partition coefficient (Wildman–Crippen LogP) is 13.9. The van der Waals surface area contributed by atoms with Crippen LogP contribution in [-0.2, 0) is 0 Å². The van der Waals surface area contributed by atoms with Crippen LogP contribution in [0.15, 0.2) is 278 Å². The third-order valence-corrected chi connectivity index (χ3v) is 16.5. The molecule has 15 rings (SSSR count). The smallest absolute Gasteiger partial charge is 0.238 e. The Hall–Kier alpha value is -9.95. The Balaban J connectivity index is 1.29. The van der Waals surface area contributed by atoms with Gasteiger partial charge in [-0.2, -0.15) is 9.97 Å². The zero-order chi connectivity index (χ0) is 87.6. The molecule has 0 saturated carbocycles. The van der Waals surface area contributed by atoms with Crippen LogP contribution >= 0.6 is 0 Å². The van der Waals surface area contributed by atoms with Crippen molar-refractivity contribution in [2.75, 3.05) is 0 Å². The molecule has 15 aromatic rings. The fourth-order valence-electron chi connectivity index (χ4n) is 9.47. The van der Waals surface area contributed by atoms with Crippen molar-refractivity contribution in [2.24, 2.45) is 0 Å². The minimum Gasteiger partial charge on any atom is -0.308 e. The number of hydrogen-bond acceptors (Lipinski definition) is 3. The van der Waals surface area contributed by atoms with E-state index in [1.54, 1.807) is 0 Å². The average Bonchev–Trinajstić information content (AvgIpc) is 1.55. The topological polar surface area (TPSA) is 53.5 Å². The first-order chi connectivity index (χ1) is 55.6. The van der Waals surface area contributed by atoms with Crippen LogP contribution in [0.2, 0.25) is 0 Å². The van der Waals surface area contributed by atoms with E-state index < -0.39 is 394 Å². The van der Waals surface area contributed by atoms with E-state index in [4.69, 9.17) is 30.0 Å². The largest absolute Gasteiger partial charge is 0.308 e. The summed E-state index contributed by atoms with van der Waals surface area (Å²) in [5, 5.41) is -9.47. The number of aromatic nitrogens is 6. The molecule has 76 heavy (non-hydrogen) atoms. The zero-order valence-corrected chi connectivity index (χ0v) is 38.9. The van der Waals surface area contributed by atoms with Gasteiger partial charge in [0.25, 0.3) is 0 Å². The molecular formula is C69H46N6Si. The lowest BCUT2D eigenvalue weighted by molar-refractivity contribution is 0.949. The molecule has 0 bridgehead atoms. The van der Waals surface area contributed by atoms with E-state index in [9.17, 15) is 43.9 Å². The molecule has 0 aliphatic carbocycles. The molecule has 0 radical (unpaired) electrons. The summed E-state index contributed by atoms with van der Waals surface area (Å²) in [6.07, 6.45) is 0. The molecule has 6 nitrogen and oxygen atoms in total. The standard InChI is InChI=1S/C69H46N6Si/c1-4-25-48(26-5-1)76(49-27-6-2-7-28-49,50-29-8-3-9-30-50)51-31-22-24-47(46-51)67-70-68(72-69(71-67)75-62-42-20-14-36-56(62)57-37-15-21-43-63(57)75)66-64(73-58-38-16-10-32-52(58)53-33-11-17-39-59(53)73)44-23-45-65(66)74-60-40-18-12-34-54(60)55-35-13-19-41-61(55)74/h1-46H/i1D,2D,3D,4D,5D,6D,7D,8D,9D,10D,11D,12D,13D,14D,15D,16D,17D,18D,19D,20D,21D,22D,24D,25D,26D,27D,28D,29D,30D,31D,32D,33D,34D,35D,36D,37D,38D,39D,40D,41D,42D,43D,46D. The average molecular weight is 1030 g/mol. The normalized spacial score (nSPS) is 19.9. The van der Waals surface area contributed by atoms with Gasteiger partial charge in [0.1, 0.15) is 0 Å². The summed E-state index contributed by atoms with van der Waals surface area (Å²) in [4.78, 5) is 14.5. The molecule has 356 valence electrons. The van der Waals surface area contributed by atoms with E-state index >= 15 is 0 Å². The second-order valence-electron chi connectivity index (χ2n) is 16.3. The number of fused-ring (bicyclic) bond motifs is 9. The van der Waals surface area contributed by atoms with E-state index in [0.717, 1.165) is 27.3 Å². The van der Waals surface area contributed by atoms with Gasteiger partial charge in [-0.05, 0) is 69.1 Å². The summed E-state index contributed by atoms with van der Waals surface area (Å²) >= 11 is 0. The van der Waals surface area contributed by atoms with Gasteiger partial charge in [-0.15, -0.1) is 0 Å². The van der Waals surface area contributed by atoms with Crippen LogP contribution in [-0.4, -0.2) is 36.7 Å². The highest BCUT2D eigenvalue weighted by molar-refractivity contribution is 7.19. The van der Waals surface area contributed by atoms with E-state index in [-0.39, 0.29) is 0 Å². The van der Waals surface area contributed by atoms with Crippen LogP contribution < -0.4 is 20.7 Å². The first kappa shape index (κ1) is 18.5. The van der Waals surface area contributed by atoms with Crippen LogP contribution in [0.4, 0.5) is 0 Å². The third kappa shape index (κ3) is 6.62. The van der Waals surface area contributed by atoms with Gasteiger partial charge in [0, 0.05) is 37.9 Å². The fourth-order valence-corrected chi connectivity index (χ4v) is 13.0. The van der Waals surface area contributed by atoms with E-state index in [1.807, 2.05) is 0 Å². The van der Waals surface area contributed by atoms with Gasteiger partial charge in [0.05, 0.1) is 109 Å². The maximum absolute atomic E-state index is 11.0. The fraction of sp³-hybridized carbons (Fsp3) is 0. The number of rotatable bonds is 9. The zero-order valence-electron chi connectivity index (χ0n) is 80.9. The molecule has 0 aliphatic heterocycles. The lowest BCUT2D eigenvalue weighted by Crippen LogP contribution is -2.74. The molecule has 0 N–H and O–H groups in total. The van der Waals surface area contributed by atoms with Gasteiger partial charge >= 0.3 is 0 Å². The lowest BCUT2D eigenvalue weighted by Gasteiger charge is -2.34. The van der Waals surface area contributed by atoms with Crippen LogP contribution in [0, 0.1) is 0 Å². The van der Waals surface area contributed by atoms with E-state index in [1.165, 1.54) is 0 Å². The maximum atomic E-state index is 11.0. The van der Waals surface area contributed by atoms with Gasteiger partial charge in [-0.25, -0.2) is 4.98 Å². The Morgan fingerprint density at radius 3 is 1.03 bits per heavy atom. The summed E-state index contributed by atoms with van der Waals surface area (Å²) in [6.45, 7) is 0. The van der Waals surface area contributed by atoms with Gasteiger partial charge in [0.15, 0.2) is 19.7 Å². The van der Waals surface area contributed by atoms with Gasteiger partial charge in [-0.3, -0.25) is 4.57 Å². The van der Waals surface area contributed by atoms with Crippen molar-refractivity contribution in [1.82, 2.24) is 28.7 Å². The Kier molecular flexibility index (Phi) is 4.28. The highest BCUT2D eigenvalue weighted by Gasteiger charge is 2.41. The Bertz CT molecular complexity index is 6690. The highest BCUT2D eigenvalue weighted by atomic mass is 28.3. The van der Waals surface area contributed by atoms with Gasteiger partial charge < -0.3 is 9.13 Å². The molecule has 0 saturated heterocycles. The van der Waals surface area contributed by atoms with Gasteiger partial charge in [-0.1, -0.05) is 230 Å². The van der Waals surface area contributed by atoms with Crippen molar-refractivity contribution < 1.29 is 58.9 Å². The van der Waals surface area contributed by atoms with Crippen molar-refractivity contribution >= 4 is 94.2 Å². The predicted molar refractivity (Wildman–Crippen MR) is 317 cm³/mol. The van der Waals surface area contributed by atoms with Crippen molar-refractivity contribution in [3.05, 3.63) is 278 Å². The molecule has 4 aromatic heterocycles. The van der Waals surface area contributed by atoms with Crippen LogP contribution in [0.3, 0.4) is 0 Å². The second kappa shape index (κ2) is 17.6. The molecular weight excluding hydrogens is 941 g/mol. The number of benzene rings is 11. The first-order valence-electron chi connectivity index (χ1n) is 43.8. The summed E-state index contributed by atoms with van der Waals surface area (Å²) < 4.78 is 409. The lowest BCUT2D eigenvalue weighted by atomic mass is 10.1. The summed E-state index contributed by atoms with van der Waals surface area (Å²) in [7, 11) is -6.84. The summed E-state index contributed by atoms with van der Waals surface area (Å²) in [5.41, 5.74) is -8.44. The molecule has 4 heterocycles. The maximum Gasteiger partial charge on any atom is 0.238 e. The number of nitrogens with zero attached hydrogens (tertiary/aromatic N) is 6.